The molecular formula is C22H23FN4O2. The summed E-state index contributed by atoms with van der Waals surface area (Å²) >= 11 is 0. The van der Waals surface area contributed by atoms with Crippen LogP contribution in [0.5, 0.6) is 0 Å². The fourth-order valence-corrected chi connectivity index (χ4v) is 3.74. The van der Waals surface area contributed by atoms with Gasteiger partial charge in [0, 0.05) is 25.7 Å². The van der Waals surface area contributed by atoms with Crippen LogP contribution in [0.4, 0.5) is 4.39 Å². The number of rotatable bonds is 6. The summed E-state index contributed by atoms with van der Waals surface area (Å²) in [5.41, 5.74) is 1.38. The fraction of sp³-hybridized carbons (Fsp3) is 0.364. The number of likely N-dealkylation sites (tertiary alicyclic amines) is 1. The molecule has 0 saturated carbocycles. The van der Waals surface area contributed by atoms with Gasteiger partial charge in [-0.15, -0.1) is 0 Å². The average molecular weight is 394 g/mol. The smallest absolute Gasteiger partial charge is 0.276 e. The van der Waals surface area contributed by atoms with Crippen LogP contribution >= 0.6 is 0 Å². The van der Waals surface area contributed by atoms with Crippen molar-refractivity contribution in [2.45, 2.75) is 32.1 Å². The van der Waals surface area contributed by atoms with E-state index >= 15 is 0 Å². The summed E-state index contributed by atoms with van der Waals surface area (Å²) in [5.74, 6) is 1.23. The number of piperidine rings is 1. The predicted molar refractivity (Wildman–Crippen MR) is 105 cm³/mol. The van der Waals surface area contributed by atoms with E-state index < -0.39 is 0 Å². The van der Waals surface area contributed by atoms with Crippen LogP contribution in [0.25, 0.3) is 11.6 Å². The summed E-state index contributed by atoms with van der Waals surface area (Å²) in [6.45, 7) is 1.48. The summed E-state index contributed by atoms with van der Waals surface area (Å²) in [6, 6.07) is 11.8. The van der Waals surface area contributed by atoms with Gasteiger partial charge in [0.25, 0.3) is 5.89 Å². The number of pyridine rings is 1. The highest BCUT2D eigenvalue weighted by Crippen LogP contribution is 2.23. The Morgan fingerprint density at radius 3 is 3.00 bits per heavy atom. The van der Waals surface area contributed by atoms with Crippen molar-refractivity contribution in [2.24, 2.45) is 5.92 Å². The second-order valence-corrected chi connectivity index (χ2v) is 7.42. The SMILES string of the molecule is O=C(Cc1cccc(F)c1)N1CCCC(CCc2noc(-c3ccccn3)n2)C1. The van der Waals surface area contributed by atoms with E-state index in [0.29, 0.717) is 35.3 Å². The largest absolute Gasteiger partial charge is 0.342 e. The molecule has 1 unspecified atom stereocenters. The average Bonchev–Trinajstić information content (AvgIpc) is 3.22. The third-order valence-electron chi connectivity index (χ3n) is 5.24. The van der Waals surface area contributed by atoms with E-state index in [1.165, 1.54) is 12.1 Å². The minimum atomic E-state index is -0.308. The van der Waals surface area contributed by atoms with Gasteiger partial charge in [-0.25, -0.2) is 4.39 Å². The molecule has 1 atom stereocenters. The highest BCUT2D eigenvalue weighted by molar-refractivity contribution is 5.78. The van der Waals surface area contributed by atoms with Crippen LogP contribution in [0.1, 0.15) is 30.7 Å². The standard InChI is InChI=1S/C22H23FN4O2/c23-18-7-3-5-17(13-18)14-21(28)27-12-4-6-16(15-27)9-10-20-25-22(29-26-20)19-8-1-2-11-24-19/h1-3,5,7-8,11,13,16H,4,6,9-10,12,14-15H2. The third kappa shape index (κ3) is 5.04. The van der Waals surface area contributed by atoms with Crippen LogP contribution in [-0.2, 0) is 17.6 Å². The Balaban J connectivity index is 1.30. The first-order valence-corrected chi connectivity index (χ1v) is 9.93. The maximum Gasteiger partial charge on any atom is 0.276 e. The Labute approximate surface area is 168 Å². The van der Waals surface area contributed by atoms with Crippen LogP contribution in [0.15, 0.2) is 53.2 Å². The van der Waals surface area contributed by atoms with Crippen molar-refractivity contribution in [2.75, 3.05) is 13.1 Å². The molecule has 0 aliphatic carbocycles. The van der Waals surface area contributed by atoms with E-state index in [4.69, 9.17) is 4.52 Å². The fourth-order valence-electron chi connectivity index (χ4n) is 3.74. The van der Waals surface area contributed by atoms with Crippen molar-refractivity contribution in [3.63, 3.8) is 0 Å². The normalized spacial score (nSPS) is 16.7. The van der Waals surface area contributed by atoms with Gasteiger partial charge in [-0.2, -0.15) is 4.98 Å². The number of carbonyl (C=O) groups excluding carboxylic acids is 1. The lowest BCUT2D eigenvalue weighted by molar-refractivity contribution is -0.132. The number of amides is 1. The molecule has 1 amide bonds. The Bertz CT molecular complexity index is 960. The Morgan fingerprint density at radius 2 is 2.17 bits per heavy atom. The van der Waals surface area contributed by atoms with E-state index in [1.54, 1.807) is 18.3 Å². The third-order valence-corrected chi connectivity index (χ3v) is 5.24. The van der Waals surface area contributed by atoms with Crippen molar-refractivity contribution in [1.82, 2.24) is 20.0 Å². The van der Waals surface area contributed by atoms with Crippen molar-refractivity contribution in [3.05, 3.63) is 65.9 Å². The van der Waals surface area contributed by atoms with Crippen LogP contribution in [0.3, 0.4) is 0 Å². The molecule has 1 aromatic carbocycles. The highest BCUT2D eigenvalue weighted by atomic mass is 19.1. The maximum atomic E-state index is 13.3. The predicted octanol–water partition coefficient (Wildman–Crippen LogP) is 3.68. The molecule has 150 valence electrons. The van der Waals surface area contributed by atoms with Gasteiger partial charge in [-0.1, -0.05) is 23.4 Å². The molecule has 0 spiro atoms. The van der Waals surface area contributed by atoms with Gasteiger partial charge in [-0.05, 0) is 55.0 Å². The first kappa shape index (κ1) is 19.2. The van der Waals surface area contributed by atoms with Gasteiger partial charge in [0.1, 0.15) is 11.5 Å². The van der Waals surface area contributed by atoms with E-state index in [-0.39, 0.29) is 18.1 Å². The molecule has 3 aromatic rings. The molecule has 3 heterocycles. The number of carbonyl (C=O) groups is 1. The summed E-state index contributed by atoms with van der Waals surface area (Å²) in [6.07, 6.45) is 5.58. The molecule has 29 heavy (non-hydrogen) atoms. The van der Waals surface area contributed by atoms with Crippen molar-refractivity contribution in [1.29, 1.82) is 0 Å². The first-order chi connectivity index (χ1) is 14.2. The summed E-state index contributed by atoms with van der Waals surface area (Å²) < 4.78 is 18.7. The van der Waals surface area contributed by atoms with Crippen molar-refractivity contribution >= 4 is 5.91 Å². The van der Waals surface area contributed by atoms with Crippen LogP contribution in [-0.4, -0.2) is 39.0 Å². The van der Waals surface area contributed by atoms with Gasteiger partial charge in [0.15, 0.2) is 5.82 Å². The van der Waals surface area contributed by atoms with Gasteiger partial charge < -0.3 is 9.42 Å². The number of hydrogen-bond acceptors (Lipinski definition) is 5. The Hall–Kier alpha value is -3.09. The first-order valence-electron chi connectivity index (χ1n) is 9.93. The molecule has 1 fully saturated rings. The van der Waals surface area contributed by atoms with E-state index in [2.05, 4.69) is 15.1 Å². The summed E-state index contributed by atoms with van der Waals surface area (Å²) in [4.78, 5) is 23.2. The van der Waals surface area contributed by atoms with Gasteiger partial charge in [-0.3, -0.25) is 9.78 Å². The topological polar surface area (TPSA) is 72.1 Å². The van der Waals surface area contributed by atoms with Crippen LogP contribution in [0, 0.1) is 11.7 Å². The molecule has 1 aliphatic heterocycles. The number of benzene rings is 1. The second kappa shape index (κ2) is 8.94. The molecule has 1 aliphatic rings. The molecule has 2 aromatic heterocycles. The molecule has 1 saturated heterocycles. The minimum Gasteiger partial charge on any atom is -0.342 e. The number of aromatic nitrogens is 3. The molecule has 0 radical (unpaired) electrons. The molecule has 0 N–H and O–H groups in total. The number of halogens is 1. The van der Waals surface area contributed by atoms with Gasteiger partial charge >= 0.3 is 0 Å². The van der Waals surface area contributed by atoms with Crippen LogP contribution in [0.2, 0.25) is 0 Å². The molecule has 0 bridgehead atoms. The highest BCUT2D eigenvalue weighted by Gasteiger charge is 2.24. The second-order valence-electron chi connectivity index (χ2n) is 7.42. The molecule has 6 nitrogen and oxygen atoms in total. The maximum absolute atomic E-state index is 13.3. The zero-order chi connectivity index (χ0) is 20.1. The summed E-state index contributed by atoms with van der Waals surface area (Å²) in [5, 5.41) is 4.05. The molecule has 4 rings (SSSR count). The van der Waals surface area contributed by atoms with Crippen molar-refractivity contribution in [3.8, 4) is 11.6 Å². The molecular weight excluding hydrogens is 371 g/mol. The number of nitrogens with zero attached hydrogens (tertiary/aromatic N) is 4. The van der Waals surface area contributed by atoms with E-state index in [0.717, 1.165) is 32.4 Å². The van der Waals surface area contributed by atoms with Gasteiger partial charge in [0.2, 0.25) is 5.91 Å². The molecule has 7 heteroatoms. The zero-order valence-electron chi connectivity index (χ0n) is 16.1. The van der Waals surface area contributed by atoms with E-state index in [9.17, 15) is 9.18 Å². The lowest BCUT2D eigenvalue weighted by Gasteiger charge is -2.32. The summed E-state index contributed by atoms with van der Waals surface area (Å²) in [7, 11) is 0. The Kier molecular flexibility index (Phi) is 5.93. The lowest BCUT2D eigenvalue weighted by atomic mass is 9.93. The number of aryl methyl sites for hydroxylation is 1. The van der Waals surface area contributed by atoms with Gasteiger partial charge in [0.05, 0.1) is 6.42 Å². The van der Waals surface area contributed by atoms with Crippen LogP contribution < -0.4 is 0 Å². The monoisotopic (exact) mass is 394 g/mol. The Morgan fingerprint density at radius 1 is 1.24 bits per heavy atom. The van der Waals surface area contributed by atoms with E-state index in [1.807, 2.05) is 23.1 Å². The minimum absolute atomic E-state index is 0.0531. The zero-order valence-corrected chi connectivity index (χ0v) is 16.1. The number of hydrogen-bond donors (Lipinski definition) is 0. The quantitative estimate of drug-likeness (QED) is 0.638. The van der Waals surface area contributed by atoms with Crippen molar-refractivity contribution < 1.29 is 13.7 Å². The lowest BCUT2D eigenvalue weighted by Crippen LogP contribution is -2.40.